The van der Waals surface area contributed by atoms with Crippen molar-refractivity contribution in [3.8, 4) is 0 Å². The van der Waals surface area contributed by atoms with Gasteiger partial charge in [-0.25, -0.2) is 0 Å². The molecule has 1 atom stereocenters. The topological polar surface area (TPSA) is 48.0 Å². The summed E-state index contributed by atoms with van der Waals surface area (Å²) in [6, 6.07) is 9.66. The van der Waals surface area contributed by atoms with Crippen LogP contribution in [0.25, 0.3) is 10.8 Å². The molecular weight excluding hydrogens is 212 g/mol. The Morgan fingerprint density at radius 2 is 2.06 bits per heavy atom. The zero-order chi connectivity index (χ0) is 12.3. The zero-order valence-electron chi connectivity index (χ0n) is 10.1. The van der Waals surface area contributed by atoms with Gasteiger partial charge >= 0.3 is 0 Å². The van der Waals surface area contributed by atoms with E-state index in [0.29, 0.717) is 6.54 Å². The lowest BCUT2D eigenvalue weighted by molar-refractivity contribution is 0.506. The Hall–Kier alpha value is -1.61. The molecule has 3 nitrogen and oxygen atoms in total. The van der Waals surface area contributed by atoms with Crippen LogP contribution in [0.5, 0.6) is 0 Å². The van der Waals surface area contributed by atoms with Crippen LogP contribution >= 0.6 is 0 Å². The molecule has 1 aromatic heterocycles. The molecule has 90 valence electrons. The first-order valence-corrected chi connectivity index (χ1v) is 6.06. The molecule has 0 aliphatic heterocycles. The van der Waals surface area contributed by atoms with Gasteiger partial charge in [0.15, 0.2) is 0 Å². The van der Waals surface area contributed by atoms with Crippen LogP contribution in [0, 0.1) is 0 Å². The van der Waals surface area contributed by atoms with E-state index in [2.05, 4.69) is 6.92 Å². The minimum atomic E-state index is 0.0506. The molecule has 1 unspecified atom stereocenters. The van der Waals surface area contributed by atoms with Crippen LogP contribution in [0.2, 0.25) is 0 Å². The molecule has 0 fully saturated rings. The summed E-state index contributed by atoms with van der Waals surface area (Å²) in [6.07, 6.45) is 3.82. The summed E-state index contributed by atoms with van der Waals surface area (Å²) in [5.74, 6) is 0. The van der Waals surface area contributed by atoms with E-state index in [-0.39, 0.29) is 11.6 Å². The fraction of sp³-hybridized carbons (Fsp3) is 0.357. The molecular formula is C14H18N2O. The summed E-state index contributed by atoms with van der Waals surface area (Å²) in [5.41, 5.74) is 6.02. The van der Waals surface area contributed by atoms with E-state index in [4.69, 9.17) is 5.73 Å². The predicted molar refractivity (Wildman–Crippen MR) is 71.1 cm³/mol. The van der Waals surface area contributed by atoms with E-state index in [9.17, 15) is 4.79 Å². The monoisotopic (exact) mass is 230 g/mol. The van der Waals surface area contributed by atoms with Gasteiger partial charge < -0.3 is 10.3 Å². The van der Waals surface area contributed by atoms with Crippen LogP contribution in [0.4, 0.5) is 0 Å². The Bertz CT molecular complexity index is 559. The lowest BCUT2D eigenvalue weighted by atomic mass is 10.1. The molecule has 0 amide bonds. The standard InChI is InChI=1S/C14H18N2O/c1-2-5-12(15)10-16-9-8-11-6-3-4-7-13(11)14(16)17/h3-4,6-9,12H,2,5,10,15H2,1H3. The van der Waals surface area contributed by atoms with Gasteiger partial charge in [-0.05, 0) is 23.9 Å². The summed E-state index contributed by atoms with van der Waals surface area (Å²) in [5, 5.41) is 1.75. The molecule has 0 aliphatic carbocycles. The fourth-order valence-electron chi connectivity index (χ4n) is 2.09. The van der Waals surface area contributed by atoms with Crippen LogP contribution < -0.4 is 11.3 Å². The fourth-order valence-corrected chi connectivity index (χ4v) is 2.09. The molecule has 3 heteroatoms. The van der Waals surface area contributed by atoms with Crippen molar-refractivity contribution in [3.63, 3.8) is 0 Å². The normalized spacial score (nSPS) is 12.8. The summed E-state index contributed by atoms with van der Waals surface area (Å²) >= 11 is 0. The van der Waals surface area contributed by atoms with Gasteiger partial charge in [-0.15, -0.1) is 0 Å². The maximum atomic E-state index is 12.2. The quantitative estimate of drug-likeness (QED) is 0.874. The van der Waals surface area contributed by atoms with Crippen LogP contribution in [0.3, 0.4) is 0 Å². The first-order chi connectivity index (χ1) is 8.22. The van der Waals surface area contributed by atoms with Gasteiger partial charge in [-0.3, -0.25) is 4.79 Å². The van der Waals surface area contributed by atoms with Crippen LogP contribution in [-0.4, -0.2) is 10.6 Å². The summed E-state index contributed by atoms with van der Waals surface area (Å²) in [4.78, 5) is 12.2. The summed E-state index contributed by atoms with van der Waals surface area (Å²) in [6.45, 7) is 2.69. The molecule has 2 N–H and O–H groups in total. The Morgan fingerprint density at radius 1 is 1.29 bits per heavy atom. The lowest BCUT2D eigenvalue weighted by Gasteiger charge is -2.13. The molecule has 0 saturated heterocycles. The van der Waals surface area contributed by atoms with Gasteiger partial charge in [0.05, 0.1) is 0 Å². The zero-order valence-corrected chi connectivity index (χ0v) is 10.1. The van der Waals surface area contributed by atoms with Crippen molar-refractivity contribution in [2.45, 2.75) is 32.4 Å². The smallest absolute Gasteiger partial charge is 0.258 e. The second kappa shape index (κ2) is 5.15. The third-order valence-electron chi connectivity index (χ3n) is 2.98. The van der Waals surface area contributed by atoms with E-state index in [1.165, 1.54) is 0 Å². The van der Waals surface area contributed by atoms with E-state index < -0.39 is 0 Å². The third kappa shape index (κ3) is 2.56. The van der Waals surface area contributed by atoms with Gasteiger partial charge in [0, 0.05) is 24.2 Å². The SMILES string of the molecule is CCCC(N)Cn1ccc2ccccc2c1=O. The Balaban J connectivity index is 2.36. The maximum absolute atomic E-state index is 12.2. The van der Waals surface area contributed by atoms with Gasteiger partial charge in [0.2, 0.25) is 0 Å². The first-order valence-electron chi connectivity index (χ1n) is 6.06. The maximum Gasteiger partial charge on any atom is 0.258 e. The molecule has 0 bridgehead atoms. The number of aromatic nitrogens is 1. The number of pyridine rings is 1. The number of benzene rings is 1. The van der Waals surface area contributed by atoms with E-state index in [1.807, 2.05) is 36.5 Å². The lowest BCUT2D eigenvalue weighted by Crippen LogP contribution is -2.31. The molecule has 0 spiro atoms. The number of nitrogens with two attached hydrogens (primary N) is 1. The molecule has 2 rings (SSSR count). The van der Waals surface area contributed by atoms with Crippen molar-refractivity contribution in [3.05, 3.63) is 46.9 Å². The molecule has 0 radical (unpaired) electrons. The van der Waals surface area contributed by atoms with Crippen molar-refractivity contribution in [2.75, 3.05) is 0 Å². The molecule has 1 heterocycles. The van der Waals surface area contributed by atoms with Crippen molar-refractivity contribution in [2.24, 2.45) is 5.73 Å². The molecule has 17 heavy (non-hydrogen) atoms. The Morgan fingerprint density at radius 3 is 2.82 bits per heavy atom. The molecule has 0 aliphatic rings. The third-order valence-corrected chi connectivity index (χ3v) is 2.98. The van der Waals surface area contributed by atoms with Gasteiger partial charge in [-0.2, -0.15) is 0 Å². The van der Waals surface area contributed by atoms with Crippen LogP contribution in [0.15, 0.2) is 41.3 Å². The number of nitrogens with zero attached hydrogens (tertiary/aromatic N) is 1. The average Bonchev–Trinajstić information content (AvgIpc) is 2.33. The summed E-state index contributed by atoms with van der Waals surface area (Å²) < 4.78 is 1.71. The van der Waals surface area contributed by atoms with Crippen LogP contribution in [-0.2, 0) is 6.54 Å². The highest BCUT2D eigenvalue weighted by atomic mass is 16.1. The number of rotatable bonds is 4. The molecule has 2 aromatic rings. The first kappa shape index (κ1) is 11.9. The number of hydrogen-bond donors (Lipinski definition) is 1. The highest BCUT2D eigenvalue weighted by Crippen LogP contribution is 2.08. The Labute approximate surface area is 101 Å². The summed E-state index contributed by atoms with van der Waals surface area (Å²) in [7, 11) is 0. The second-order valence-corrected chi connectivity index (χ2v) is 4.41. The second-order valence-electron chi connectivity index (χ2n) is 4.41. The van der Waals surface area contributed by atoms with Crippen molar-refractivity contribution in [1.82, 2.24) is 4.57 Å². The molecule has 1 aromatic carbocycles. The van der Waals surface area contributed by atoms with Gasteiger partial charge in [0.25, 0.3) is 5.56 Å². The van der Waals surface area contributed by atoms with Crippen molar-refractivity contribution in [1.29, 1.82) is 0 Å². The van der Waals surface area contributed by atoms with Crippen molar-refractivity contribution >= 4 is 10.8 Å². The highest BCUT2D eigenvalue weighted by molar-refractivity contribution is 5.81. The van der Waals surface area contributed by atoms with E-state index >= 15 is 0 Å². The number of hydrogen-bond acceptors (Lipinski definition) is 2. The largest absolute Gasteiger partial charge is 0.326 e. The number of fused-ring (bicyclic) bond motifs is 1. The van der Waals surface area contributed by atoms with Crippen molar-refractivity contribution < 1.29 is 0 Å². The Kier molecular flexibility index (Phi) is 3.59. The molecule has 0 saturated carbocycles. The minimum Gasteiger partial charge on any atom is -0.326 e. The van der Waals surface area contributed by atoms with E-state index in [0.717, 1.165) is 23.6 Å². The van der Waals surface area contributed by atoms with Crippen LogP contribution in [0.1, 0.15) is 19.8 Å². The minimum absolute atomic E-state index is 0.0506. The average molecular weight is 230 g/mol. The van der Waals surface area contributed by atoms with E-state index in [1.54, 1.807) is 4.57 Å². The highest BCUT2D eigenvalue weighted by Gasteiger charge is 2.06. The van der Waals surface area contributed by atoms with Gasteiger partial charge in [-0.1, -0.05) is 31.5 Å². The predicted octanol–water partition coefficient (Wildman–Crippen LogP) is 2.13. The van der Waals surface area contributed by atoms with Gasteiger partial charge in [0.1, 0.15) is 0 Å².